The molecule has 1 saturated heterocycles. The Morgan fingerprint density at radius 3 is 2.41 bits per heavy atom. The number of piperazine rings is 1. The van der Waals surface area contributed by atoms with Gasteiger partial charge >= 0.3 is 5.97 Å². The minimum atomic E-state index is -0.813. The van der Waals surface area contributed by atoms with E-state index in [0.717, 1.165) is 37.9 Å². The summed E-state index contributed by atoms with van der Waals surface area (Å²) in [5, 5.41) is 9.71. The Morgan fingerprint density at radius 2 is 1.78 bits per heavy atom. The Hall–Kier alpha value is -1.66. The predicted octanol–water partition coefficient (Wildman–Crippen LogP) is 2.87. The monoisotopic (exact) mass is 394 g/mol. The smallest absolute Gasteiger partial charge is 0.307 e. The maximum absolute atomic E-state index is 13.3. The van der Waals surface area contributed by atoms with Crippen LogP contribution in [0.4, 0.5) is 4.39 Å². The highest BCUT2D eigenvalue weighted by Crippen LogP contribution is 2.53. The highest BCUT2D eigenvalue weighted by molar-refractivity contribution is 6.30. The molecule has 2 bridgehead atoms. The lowest BCUT2D eigenvalue weighted by Crippen LogP contribution is -2.52. The van der Waals surface area contributed by atoms with Crippen LogP contribution in [0.15, 0.2) is 18.2 Å². The average molecular weight is 395 g/mol. The summed E-state index contributed by atoms with van der Waals surface area (Å²) in [5.41, 5.74) is 0.945. The van der Waals surface area contributed by atoms with Crippen LogP contribution in [0.3, 0.4) is 0 Å². The Balaban J connectivity index is 1.35. The van der Waals surface area contributed by atoms with Crippen molar-refractivity contribution in [3.05, 3.63) is 34.6 Å². The molecule has 0 spiro atoms. The predicted molar refractivity (Wildman–Crippen MR) is 98.7 cm³/mol. The molecule has 0 aromatic heterocycles. The number of halogens is 2. The minimum Gasteiger partial charge on any atom is -0.481 e. The molecular weight excluding hydrogens is 371 g/mol. The standard InChI is InChI=1S/C20H24ClFN2O3/c21-15-9-12(1-4-16(15)22)11-23-5-7-24(8-6-23)19(25)17-13-2-3-14(10-13)18(17)20(26)27/h1,4,9,13-14,17-18H,2-3,5-8,10-11H2,(H,26,27)/t13-,14+,17-,18+/m1/s1. The van der Waals surface area contributed by atoms with Gasteiger partial charge in [0.25, 0.3) is 0 Å². The van der Waals surface area contributed by atoms with Gasteiger partial charge in [0, 0.05) is 32.7 Å². The van der Waals surface area contributed by atoms with Crippen molar-refractivity contribution in [1.29, 1.82) is 0 Å². The molecule has 1 N–H and O–H groups in total. The van der Waals surface area contributed by atoms with E-state index in [0.29, 0.717) is 19.6 Å². The van der Waals surface area contributed by atoms with Gasteiger partial charge in [-0.2, -0.15) is 0 Å². The molecule has 27 heavy (non-hydrogen) atoms. The maximum atomic E-state index is 13.3. The van der Waals surface area contributed by atoms with Crippen molar-refractivity contribution < 1.29 is 19.1 Å². The van der Waals surface area contributed by atoms with Crippen molar-refractivity contribution >= 4 is 23.5 Å². The second-order valence-electron chi connectivity index (χ2n) is 8.07. The van der Waals surface area contributed by atoms with Gasteiger partial charge in [0.05, 0.1) is 16.9 Å². The van der Waals surface area contributed by atoms with E-state index in [2.05, 4.69) is 4.90 Å². The van der Waals surface area contributed by atoms with Crippen molar-refractivity contribution in [3.8, 4) is 0 Å². The Morgan fingerprint density at radius 1 is 1.11 bits per heavy atom. The van der Waals surface area contributed by atoms with Crippen molar-refractivity contribution in [3.63, 3.8) is 0 Å². The van der Waals surface area contributed by atoms with Crippen molar-refractivity contribution in [1.82, 2.24) is 9.80 Å². The van der Waals surface area contributed by atoms with Gasteiger partial charge in [0.15, 0.2) is 0 Å². The first-order chi connectivity index (χ1) is 12.9. The van der Waals surface area contributed by atoms with Crippen LogP contribution in [0.25, 0.3) is 0 Å². The molecule has 0 unspecified atom stereocenters. The molecule has 1 amide bonds. The number of carboxylic acids is 1. The van der Waals surface area contributed by atoms with Crippen LogP contribution < -0.4 is 0 Å². The summed E-state index contributed by atoms with van der Waals surface area (Å²) in [4.78, 5) is 28.8. The SMILES string of the molecule is O=C(O)[C@H]1[C@H]2CC[C@H](C2)[C@H]1C(=O)N1CCN(Cc2ccc(F)c(Cl)c2)CC1. The largest absolute Gasteiger partial charge is 0.481 e. The van der Waals surface area contributed by atoms with Gasteiger partial charge in [0.2, 0.25) is 5.91 Å². The molecule has 1 aromatic carbocycles. The summed E-state index contributed by atoms with van der Waals surface area (Å²) in [6, 6.07) is 4.74. The third kappa shape index (κ3) is 3.57. The molecule has 2 saturated carbocycles. The Bertz CT molecular complexity index is 751. The van der Waals surface area contributed by atoms with Gasteiger partial charge in [-0.15, -0.1) is 0 Å². The van der Waals surface area contributed by atoms with E-state index in [1.165, 1.54) is 6.07 Å². The first-order valence-electron chi connectivity index (χ1n) is 9.62. The first-order valence-corrected chi connectivity index (χ1v) is 9.99. The molecule has 3 fully saturated rings. The maximum Gasteiger partial charge on any atom is 0.307 e. The normalized spacial score (nSPS) is 30.7. The number of aliphatic carboxylic acids is 1. The number of benzene rings is 1. The number of carboxylic acid groups (broad SMARTS) is 1. The number of rotatable bonds is 4. The van der Waals surface area contributed by atoms with Gasteiger partial charge in [-0.05, 0) is 48.8 Å². The molecule has 1 aliphatic heterocycles. The molecular formula is C20H24ClFN2O3. The van der Waals surface area contributed by atoms with Crippen molar-refractivity contribution in [2.24, 2.45) is 23.7 Å². The van der Waals surface area contributed by atoms with Crippen LogP contribution in [-0.2, 0) is 16.1 Å². The number of fused-ring (bicyclic) bond motifs is 2. The zero-order chi connectivity index (χ0) is 19.1. The van der Waals surface area contributed by atoms with Crippen LogP contribution in [0.1, 0.15) is 24.8 Å². The highest BCUT2D eigenvalue weighted by atomic mass is 35.5. The fourth-order valence-electron chi connectivity index (χ4n) is 5.24. The van der Waals surface area contributed by atoms with Gasteiger partial charge < -0.3 is 10.0 Å². The molecule has 4 rings (SSSR count). The number of carbonyl (C=O) groups is 2. The number of hydrogen-bond acceptors (Lipinski definition) is 3. The summed E-state index contributed by atoms with van der Waals surface area (Å²) in [6.07, 6.45) is 2.81. The third-order valence-electron chi connectivity index (χ3n) is 6.56. The minimum absolute atomic E-state index is 0.0269. The van der Waals surface area contributed by atoms with Crippen LogP contribution in [0, 0.1) is 29.5 Å². The van der Waals surface area contributed by atoms with E-state index in [4.69, 9.17) is 11.6 Å². The fraction of sp³-hybridized carbons (Fsp3) is 0.600. The second kappa shape index (κ2) is 7.40. The summed E-state index contributed by atoms with van der Waals surface area (Å²) >= 11 is 5.84. The topological polar surface area (TPSA) is 60.9 Å². The second-order valence-corrected chi connectivity index (χ2v) is 8.48. The van der Waals surface area contributed by atoms with E-state index in [9.17, 15) is 19.1 Å². The van der Waals surface area contributed by atoms with Crippen molar-refractivity contribution in [2.75, 3.05) is 26.2 Å². The molecule has 0 radical (unpaired) electrons. The van der Waals surface area contributed by atoms with E-state index in [1.807, 2.05) is 4.90 Å². The molecule has 4 atom stereocenters. The fourth-order valence-corrected chi connectivity index (χ4v) is 5.44. The number of carbonyl (C=O) groups excluding carboxylic acids is 1. The lowest BCUT2D eigenvalue weighted by Gasteiger charge is -2.38. The highest BCUT2D eigenvalue weighted by Gasteiger charge is 2.54. The summed E-state index contributed by atoms with van der Waals surface area (Å²) < 4.78 is 13.3. The zero-order valence-electron chi connectivity index (χ0n) is 15.1. The lowest BCUT2D eigenvalue weighted by molar-refractivity contribution is -0.153. The quantitative estimate of drug-likeness (QED) is 0.853. The number of hydrogen-bond donors (Lipinski definition) is 1. The molecule has 5 nitrogen and oxygen atoms in total. The van der Waals surface area contributed by atoms with Crippen LogP contribution in [0.2, 0.25) is 5.02 Å². The van der Waals surface area contributed by atoms with E-state index < -0.39 is 17.7 Å². The Kier molecular flexibility index (Phi) is 5.12. The van der Waals surface area contributed by atoms with Crippen molar-refractivity contribution in [2.45, 2.75) is 25.8 Å². The number of amides is 1. The molecule has 1 heterocycles. The zero-order valence-corrected chi connectivity index (χ0v) is 15.9. The van der Waals surface area contributed by atoms with E-state index in [1.54, 1.807) is 12.1 Å². The van der Waals surface area contributed by atoms with Crippen LogP contribution in [-0.4, -0.2) is 53.0 Å². The van der Waals surface area contributed by atoms with Gasteiger partial charge in [0.1, 0.15) is 5.82 Å². The first kappa shape index (κ1) is 18.7. The number of nitrogens with zero attached hydrogens (tertiary/aromatic N) is 2. The van der Waals surface area contributed by atoms with Crippen LogP contribution in [0.5, 0.6) is 0 Å². The summed E-state index contributed by atoms with van der Waals surface area (Å²) in [7, 11) is 0. The molecule has 2 aliphatic carbocycles. The molecule has 146 valence electrons. The Labute approximate surface area is 163 Å². The van der Waals surface area contributed by atoms with Crippen LogP contribution >= 0.6 is 11.6 Å². The average Bonchev–Trinajstić information content (AvgIpc) is 3.26. The van der Waals surface area contributed by atoms with Gasteiger partial charge in [-0.25, -0.2) is 4.39 Å². The third-order valence-corrected chi connectivity index (χ3v) is 6.85. The van der Waals surface area contributed by atoms with E-state index >= 15 is 0 Å². The van der Waals surface area contributed by atoms with E-state index in [-0.39, 0.29) is 28.7 Å². The lowest BCUT2D eigenvalue weighted by atomic mass is 9.78. The molecule has 3 aliphatic rings. The van der Waals surface area contributed by atoms with Gasteiger partial charge in [-0.3, -0.25) is 14.5 Å². The summed E-state index contributed by atoms with van der Waals surface area (Å²) in [6.45, 7) is 3.31. The molecule has 1 aromatic rings. The van der Waals surface area contributed by atoms with Gasteiger partial charge in [-0.1, -0.05) is 17.7 Å². The molecule has 7 heteroatoms. The summed E-state index contributed by atoms with van der Waals surface area (Å²) in [5.74, 6) is -1.64.